The molecule has 0 spiro atoms. The van der Waals surface area contributed by atoms with Gasteiger partial charge in [-0.1, -0.05) is 17.7 Å². The molecule has 0 saturated heterocycles. The Morgan fingerprint density at radius 2 is 1.77 bits per heavy atom. The number of carbonyl (C=O) groups excluding carboxylic acids is 2. The third-order valence-corrected chi connectivity index (χ3v) is 4.16. The first-order valence-corrected chi connectivity index (χ1v) is 8.44. The van der Waals surface area contributed by atoms with Crippen LogP contribution in [-0.2, 0) is 9.59 Å². The van der Waals surface area contributed by atoms with Gasteiger partial charge in [0.15, 0.2) is 0 Å². The SMILES string of the molecule is COc1cc(Cl)c(C)cc1NC(=O)CNc1ccc(C)c(NC(C)=O)c1. The predicted molar refractivity (Wildman–Crippen MR) is 105 cm³/mol. The number of hydrogen-bond donors (Lipinski definition) is 3. The molecule has 6 nitrogen and oxygen atoms in total. The van der Waals surface area contributed by atoms with Crippen LogP contribution in [0.5, 0.6) is 5.75 Å². The zero-order chi connectivity index (χ0) is 19.3. The number of ether oxygens (including phenoxy) is 1. The zero-order valence-electron chi connectivity index (χ0n) is 15.2. The summed E-state index contributed by atoms with van der Waals surface area (Å²) in [6, 6.07) is 8.94. The lowest BCUT2D eigenvalue weighted by Crippen LogP contribution is -2.22. The van der Waals surface area contributed by atoms with E-state index in [0.717, 1.165) is 16.8 Å². The molecule has 3 N–H and O–H groups in total. The molecule has 0 heterocycles. The van der Waals surface area contributed by atoms with E-state index in [4.69, 9.17) is 16.3 Å². The monoisotopic (exact) mass is 375 g/mol. The first-order chi connectivity index (χ1) is 12.3. The zero-order valence-corrected chi connectivity index (χ0v) is 16.0. The highest BCUT2D eigenvalue weighted by atomic mass is 35.5. The summed E-state index contributed by atoms with van der Waals surface area (Å²) in [5.74, 6) is 0.122. The van der Waals surface area contributed by atoms with Crippen LogP contribution >= 0.6 is 11.6 Å². The Kier molecular flexibility index (Phi) is 6.46. The van der Waals surface area contributed by atoms with Gasteiger partial charge in [-0.15, -0.1) is 0 Å². The highest BCUT2D eigenvalue weighted by Gasteiger charge is 2.11. The summed E-state index contributed by atoms with van der Waals surface area (Å²) in [6.07, 6.45) is 0. The molecule has 0 aromatic heterocycles. The molecule has 26 heavy (non-hydrogen) atoms. The summed E-state index contributed by atoms with van der Waals surface area (Å²) in [4.78, 5) is 23.5. The lowest BCUT2D eigenvalue weighted by atomic mass is 10.1. The van der Waals surface area contributed by atoms with Gasteiger partial charge in [0.2, 0.25) is 11.8 Å². The standard InChI is InChI=1S/C19H22ClN3O3/c1-11-5-6-14(8-16(11)22-13(3)24)21-10-19(25)23-17-7-12(2)15(20)9-18(17)26-4/h5-9,21H,10H2,1-4H3,(H,22,24)(H,23,25). The van der Waals surface area contributed by atoms with Crippen LogP contribution in [0.2, 0.25) is 5.02 Å². The van der Waals surface area contributed by atoms with Gasteiger partial charge in [0, 0.05) is 29.4 Å². The average molecular weight is 376 g/mol. The minimum atomic E-state index is -0.230. The largest absolute Gasteiger partial charge is 0.495 e. The van der Waals surface area contributed by atoms with Crippen LogP contribution in [0.4, 0.5) is 17.1 Å². The number of halogens is 1. The molecule has 0 bridgehead atoms. The molecule has 2 amide bonds. The molecule has 0 fully saturated rings. The molecule has 0 aliphatic heterocycles. The van der Waals surface area contributed by atoms with Gasteiger partial charge in [0.1, 0.15) is 5.75 Å². The normalized spacial score (nSPS) is 10.2. The maximum atomic E-state index is 12.2. The first kappa shape index (κ1) is 19.6. The summed E-state index contributed by atoms with van der Waals surface area (Å²) >= 11 is 6.07. The van der Waals surface area contributed by atoms with Crippen molar-refractivity contribution in [3.63, 3.8) is 0 Å². The van der Waals surface area contributed by atoms with E-state index in [1.807, 2.05) is 26.0 Å². The molecule has 0 saturated carbocycles. The van der Waals surface area contributed by atoms with Crippen molar-refractivity contribution in [2.45, 2.75) is 20.8 Å². The highest BCUT2D eigenvalue weighted by Crippen LogP contribution is 2.30. The first-order valence-electron chi connectivity index (χ1n) is 8.06. The number of rotatable bonds is 6. The number of amides is 2. The van der Waals surface area contributed by atoms with Gasteiger partial charge in [-0.2, -0.15) is 0 Å². The van der Waals surface area contributed by atoms with Crippen molar-refractivity contribution < 1.29 is 14.3 Å². The Bertz CT molecular complexity index is 837. The Balaban J connectivity index is 2.03. The second-order valence-corrected chi connectivity index (χ2v) is 6.32. The lowest BCUT2D eigenvalue weighted by Gasteiger charge is -2.14. The number of methoxy groups -OCH3 is 1. The van der Waals surface area contributed by atoms with Crippen molar-refractivity contribution >= 4 is 40.5 Å². The second-order valence-electron chi connectivity index (χ2n) is 5.91. The fourth-order valence-corrected chi connectivity index (χ4v) is 2.52. The van der Waals surface area contributed by atoms with Crippen LogP contribution in [0.3, 0.4) is 0 Å². The number of nitrogens with one attached hydrogen (secondary N) is 3. The number of benzene rings is 2. The Hall–Kier alpha value is -2.73. The van der Waals surface area contributed by atoms with Crippen LogP contribution < -0.4 is 20.7 Å². The minimum absolute atomic E-state index is 0.0629. The smallest absolute Gasteiger partial charge is 0.243 e. The fourth-order valence-electron chi connectivity index (χ4n) is 2.36. The fraction of sp³-hybridized carbons (Fsp3) is 0.263. The van der Waals surface area contributed by atoms with E-state index in [1.54, 1.807) is 18.2 Å². The number of aryl methyl sites for hydroxylation is 2. The van der Waals surface area contributed by atoms with Crippen molar-refractivity contribution in [2.75, 3.05) is 29.6 Å². The summed E-state index contributed by atoms with van der Waals surface area (Å²) in [6.45, 7) is 5.27. The van der Waals surface area contributed by atoms with Gasteiger partial charge in [-0.05, 0) is 43.2 Å². The van der Waals surface area contributed by atoms with Gasteiger partial charge >= 0.3 is 0 Å². The lowest BCUT2D eigenvalue weighted by molar-refractivity contribution is -0.115. The maximum absolute atomic E-state index is 12.2. The molecule has 0 aliphatic carbocycles. The molecule has 2 aromatic carbocycles. The predicted octanol–water partition coefficient (Wildman–Crippen LogP) is 3.97. The van der Waals surface area contributed by atoms with Crippen molar-refractivity contribution in [3.8, 4) is 5.75 Å². The van der Waals surface area contributed by atoms with E-state index in [-0.39, 0.29) is 18.4 Å². The second kappa shape index (κ2) is 8.58. The van der Waals surface area contributed by atoms with E-state index in [2.05, 4.69) is 16.0 Å². The van der Waals surface area contributed by atoms with E-state index in [1.165, 1.54) is 14.0 Å². The van der Waals surface area contributed by atoms with Crippen LogP contribution in [0.1, 0.15) is 18.1 Å². The van der Waals surface area contributed by atoms with Crippen LogP contribution in [-0.4, -0.2) is 25.5 Å². The van der Waals surface area contributed by atoms with Crippen molar-refractivity contribution in [3.05, 3.63) is 46.5 Å². The molecule has 0 atom stereocenters. The Labute approximate surface area is 157 Å². The maximum Gasteiger partial charge on any atom is 0.243 e. The van der Waals surface area contributed by atoms with Crippen LogP contribution in [0, 0.1) is 13.8 Å². The van der Waals surface area contributed by atoms with Crippen molar-refractivity contribution in [1.29, 1.82) is 0 Å². The van der Waals surface area contributed by atoms with E-state index >= 15 is 0 Å². The minimum Gasteiger partial charge on any atom is -0.495 e. The third kappa shape index (κ3) is 5.13. The molecule has 0 radical (unpaired) electrons. The summed E-state index contributed by atoms with van der Waals surface area (Å²) < 4.78 is 5.25. The van der Waals surface area contributed by atoms with Gasteiger partial charge in [0.25, 0.3) is 0 Å². The molecule has 2 aromatic rings. The molecule has 0 unspecified atom stereocenters. The molecule has 138 valence electrons. The third-order valence-electron chi connectivity index (χ3n) is 3.76. The van der Waals surface area contributed by atoms with Gasteiger partial charge in [0.05, 0.1) is 19.3 Å². The van der Waals surface area contributed by atoms with Gasteiger partial charge in [-0.3, -0.25) is 9.59 Å². The summed E-state index contributed by atoms with van der Waals surface area (Å²) in [5, 5.41) is 9.17. The summed E-state index contributed by atoms with van der Waals surface area (Å²) in [7, 11) is 1.52. The Morgan fingerprint density at radius 3 is 2.42 bits per heavy atom. The quantitative estimate of drug-likeness (QED) is 0.713. The van der Waals surface area contributed by atoms with Crippen molar-refractivity contribution in [2.24, 2.45) is 0 Å². The van der Waals surface area contributed by atoms with Gasteiger partial charge in [-0.25, -0.2) is 0 Å². The van der Waals surface area contributed by atoms with Crippen LogP contribution in [0.15, 0.2) is 30.3 Å². The van der Waals surface area contributed by atoms with E-state index in [0.29, 0.717) is 22.1 Å². The van der Waals surface area contributed by atoms with Crippen LogP contribution in [0.25, 0.3) is 0 Å². The highest BCUT2D eigenvalue weighted by molar-refractivity contribution is 6.31. The number of carbonyl (C=O) groups is 2. The molecule has 0 aliphatic rings. The summed E-state index contributed by atoms with van der Waals surface area (Å²) in [5.41, 5.74) is 3.78. The van der Waals surface area contributed by atoms with Gasteiger partial charge < -0.3 is 20.7 Å². The molecule has 2 rings (SSSR count). The molecule has 7 heteroatoms. The topological polar surface area (TPSA) is 79.5 Å². The number of hydrogen-bond acceptors (Lipinski definition) is 4. The Morgan fingerprint density at radius 1 is 1.04 bits per heavy atom. The van der Waals surface area contributed by atoms with E-state index in [9.17, 15) is 9.59 Å². The van der Waals surface area contributed by atoms with E-state index < -0.39 is 0 Å². The van der Waals surface area contributed by atoms with Crippen molar-refractivity contribution in [1.82, 2.24) is 0 Å². The molecular weight excluding hydrogens is 354 g/mol. The number of anilines is 3. The molecular formula is C19H22ClN3O3. The average Bonchev–Trinajstić information content (AvgIpc) is 2.58.